The van der Waals surface area contributed by atoms with Crippen LogP contribution in [0, 0.1) is 0 Å². The van der Waals surface area contributed by atoms with Gasteiger partial charge in [0.2, 0.25) is 0 Å². The summed E-state index contributed by atoms with van der Waals surface area (Å²) in [4.78, 5) is 14.9. The molecule has 0 bridgehead atoms. The Morgan fingerprint density at radius 2 is 2.38 bits per heavy atom. The topological polar surface area (TPSA) is 44.1 Å². The summed E-state index contributed by atoms with van der Waals surface area (Å²) in [7, 11) is 0. The molecule has 0 spiro atoms. The highest BCUT2D eigenvalue weighted by atomic mass is 16.5. The molecular weight excluding hydrogens is 168 g/mol. The van der Waals surface area contributed by atoms with E-state index < -0.39 is 0 Å². The van der Waals surface area contributed by atoms with Crippen LogP contribution in [0.5, 0.6) is 0 Å². The molecule has 1 heterocycles. The van der Waals surface area contributed by atoms with E-state index in [1.54, 1.807) is 12.4 Å². The van der Waals surface area contributed by atoms with Gasteiger partial charge in [-0.25, -0.2) is 14.3 Å². The predicted octanol–water partition coefficient (Wildman–Crippen LogP) is 2.06. The van der Waals surface area contributed by atoms with E-state index in [1.165, 1.54) is 10.9 Å². The Balaban J connectivity index is 2.19. The molecule has 0 aromatic carbocycles. The summed E-state index contributed by atoms with van der Waals surface area (Å²) in [5, 5.41) is 0. The third-order valence-corrected chi connectivity index (χ3v) is 1.69. The molecule has 4 nitrogen and oxygen atoms in total. The lowest BCUT2D eigenvalue weighted by molar-refractivity contribution is 0.145. The molecule has 1 aromatic rings. The van der Waals surface area contributed by atoms with Crippen molar-refractivity contribution < 1.29 is 9.53 Å². The van der Waals surface area contributed by atoms with Gasteiger partial charge in [-0.05, 0) is 6.42 Å². The van der Waals surface area contributed by atoms with Crippen LogP contribution in [0.4, 0.5) is 4.79 Å². The van der Waals surface area contributed by atoms with Crippen LogP contribution in [0.1, 0.15) is 26.2 Å². The summed E-state index contributed by atoms with van der Waals surface area (Å²) in [6.07, 6.45) is 7.35. The Morgan fingerprint density at radius 1 is 1.54 bits per heavy atom. The monoisotopic (exact) mass is 182 g/mol. The fraction of sp³-hybridized carbons (Fsp3) is 0.556. The van der Waals surface area contributed by atoms with E-state index in [2.05, 4.69) is 11.9 Å². The lowest BCUT2D eigenvalue weighted by atomic mass is 10.3. The molecule has 0 aliphatic rings. The summed E-state index contributed by atoms with van der Waals surface area (Å²) in [6, 6.07) is 0. The minimum Gasteiger partial charge on any atom is -0.449 e. The zero-order valence-corrected chi connectivity index (χ0v) is 7.77. The van der Waals surface area contributed by atoms with Gasteiger partial charge in [0.1, 0.15) is 6.33 Å². The first-order chi connectivity index (χ1) is 6.34. The summed E-state index contributed by atoms with van der Waals surface area (Å²) < 4.78 is 6.30. The number of carbonyl (C=O) groups is 1. The summed E-state index contributed by atoms with van der Waals surface area (Å²) in [5.41, 5.74) is 0. The Hall–Kier alpha value is -1.32. The highest BCUT2D eigenvalue weighted by Gasteiger charge is 2.02. The molecule has 0 aliphatic heterocycles. The maximum Gasteiger partial charge on any atom is 0.419 e. The maximum atomic E-state index is 11.2. The smallest absolute Gasteiger partial charge is 0.419 e. The summed E-state index contributed by atoms with van der Waals surface area (Å²) >= 11 is 0. The van der Waals surface area contributed by atoms with Crippen LogP contribution in [-0.2, 0) is 4.74 Å². The van der Waals surface area contributed by atoms with Crippen molar-refractivity contribution in [2.24, 2.45) is 0 Å². The Kier molecular flexibility index (Phi) is 4.02. The molecule has 0 atom stereocenters. The number of nitrogens with zero attached hydrogens (tertiary/aromatic N) is 2. The highest BCUT2D eigenvalue weighted by Crippen LogP contribution is 1.96. The fourth-order valence-electron chi connectivity index (χ4n) is 0.953. The van der Waals surface area contributed by atoms with Crippen molar-refractivity contribution in [2.75, 3.05) is 6.61 Å². The van der Waals surface area contributed by atoms with Crippen LogP contribution >= 0.6 is 0 Å². The number of hydrogen-bond donors (Lipinski definition) is 0. The minimum atomic E-state index is -0.353. The van der Waals surface area contributed by atoms with Gasteiger partial charge in [0.05, 0.1) is 6.61 Å². The second-order valence-corrected chi connectivity index (χ2v) is 2.79. The lowest BCUT2D eigenvalue weighted by Crippen LogP contribution is -2.12. The molecular formula is C9H14N2O2. The van der Waals surface area contributed by atoms with Gasteiger partial charge in [-0.15, -0.1) is 0 Å². The molecule has 13 heavy (non-hydrogen) atoms. The van der Waals surface area contributed by atoms with Crippen molar-refractivity contribution in [2.45, 2.75) is 26.2 Å². The van der Waals surface area contributed by atoms with Gasteiger partial charge >= 0.3 is 6.09 Å². The maximum absolute atomic E-state index is 11.2. The summed E-state index contributed by atoms with van der Waals surface area (Å²) in [6.45, 7) is 2.60. The Morgan fingerprint density at radius 3 is 3.00 bits per heavy atom. The van der Waals surface area contributed by atoms with Crippen LogP contribution in [-0.4, -0.2) is 22.3 Å². The van der Waals surface area contributed by atoms with Crippen LogP contribution in [0.2, 0.25) is 0 Å². The molecule has 1 rings (SSSR count). The molecule has 0 aliphatic carbocycles. The molecule has 72 valence electrons. The Labute approximate surface area is 77.5 Å². The molecule has 0 saturated heterocycles. The number of ether oxygens (including phenoxy) is 1. The van der Waals surface area contributed by atoms with E-state index in [4.69, 9.17) is 4.74 Å². The van der Waals surface area contributed by atoms with E-state index >= 15 is 0 Å². The van der Waals surface area contributed by atoms with E-state index in [0.717, 1.165) is 19.3 Å². The number of carbonyl (C=O) groups excluding carboxylic acids is 1. The second kappa shape index (κ2) is 5.35. The highest BCUT2D eigenvalue weighted by molar-refractivity contribution is 5.69. The molecule has 0 unspecified atom stereocenters. The largest absolute Gasteiger partial charge is 0.449 e. The zero-order valence-electron chi connectivity index (χ0n) is 7.77. The first-order valence-electron chi connectivity index (χ1n) is 4.49. The van der Waals surface area contributed by atoms with Crippen LogP contribution < -0.4 is 0 Å². The predicted molar refractivity (Wildman–Crippen MR) is 48.5 cm³/mol. The normalized spacial score (nSPS) is 9.92. The first-order valence-corrected chi connectivity index (χ1v) is 4.49. The van der Waals surface area contributed by atoms with E-state index in [9.17, 15) is 4.79 Å². The van der Waals surface area contributed by atoms with Crippen molar-refractivity contribution in [3.05, 3.63) is 18.7 Å². The molecule has 0 saturated carbocycles. The minimum absolute atomic E-state index is 0.353. The molecule has 0 N–H and O–H groups in total. The molecule has 1 aromatic heterocycles. The van der Waals surface area contributed by atoms with Crippen molar-refractivity contribution >= 4 is 6.09 Å². The van der Waals surface area contributed by atoms with Gasteiger partial charge in [-0.2, -0.15) is 0 Å². The SMILES string of the molecule is CCCCCOC(=O)n1ccnc1. The first kappa shape index (κ1) is 9.77. The molecule has 0 radical (unpaired) electrons. The number of hydrogen-bond acceptors (Lipinski definition) is 3. The average Bonchev–Trinajstić information content (AvgIpc) is 2.65. The number of imidazole rings is 1. The standard InChI is InChI=1S/C9H14N2O2/c1-2-3-4-7-13-9(12)11-6-5-10-8-11/h5-6,8H,2-4,7H2,1H3. The van der Waals surface area contributed by atoms with E-state index in [0.29, 0.717) is 6.61 Å². The zero-order chi connectivity index (χ0) is 9.52. The molecule has 0 fully saturated rings. The number of rotatable bonds is 4. The van der Waals surface area contributed by atoms with E-state index in [1.807, 2.05) is 0 Å². The van der Waals surface area contributed by atoms with Gasteiger partial charge in [-0.3, -0.25) is 0 Å². The van der Waals surface area contributed by atoms with Crippen LogP contribution in [0.25, 0.3) is 0 Å². The van der Waals surface area contributed by atoms with Gasteiger partial charge in [0.25, 0.3) is 0 Å². The fourth-order valence-corrected chi connectivity index (χ4v) is 0.953. The van der Waals surface area contributed by atoms with Gasteiger partial charge in [-0.1, -0.05) is 19.8 Å². The molecule has 0 amide bonds. The Bertz CT molecular complexity index is 244. The van der Waals surface area contributed by atoms with Crippen molar-refractivity contribution in [1.82, 2.24) is 9.55 Å². The second-order valence-electron chi connectivity index (χ2n) is 2.79. The van der Waals surface area contributed by atoms with Crippen LogP contribution in [0.15, 0.2) is 18.7 Å². The summed E-state index contributed by atoms with van der Waals surface area (Å²) in [5.74, 6) is 0. The van der Waals surface area contributed by atoms with Crippen molar-refractivity contribution in [1.29, 1.82) is 0 Å². The lowest BCUT2D eigenvalue weighted by Gasteiger charge is -2.03. The van der Waals surface area contributed by atoms with E-state index in [-0.39, 0.29) is 6.09 Å². The van der Waals surface area contributed by atoms with Crippen LogP contribution in [0.3, 0.4) is 0 Å². The third kappa shape index (κ3) is 3.27. The average molecular weight is 182 g/mol. The third-order valence-electron chi connectivity index (χ3n) is 1.69. The van der Waals surface area contributed by atoms with Gasteiger partial charge < -0.3 is 4.74 Å². The number of aromatic nitrogens is 2. The van der Waals surface area contributed by atoms with Gasteiger partial charge in [0, 0.05) is 12.4 Å². The number of unbranched alkanes of at least 4 members (excludes halogenated alkanes) is 2. The van der Waals surface area contributed by atoms with Crippen molar-refractivity contribution in [3.63, 3.8) is 0 Å². The molecule has 4 heteroatoms. The van der Waals surface area contributed by atoms with Gasteiger partial charge in [0.15, 0.2) is 0 Å². The van der Waals surface area contributed by atoms with Crippen molar-refractivity contribution in [3.8, 4) is 0 Å². The quantitative estimate of drug-likeness (QED) is 0.669.